The van der Waals surface area contributed by atoms with Gasteiger partial charge in [0.05, 0.1) is 31.3 Å². The largest absolute Gasteiger partial charge is 0.502 e. The Morgan fingerprint density at radius 1 is 1.21 bits per heavy atom. The van der Waals surface area contributed by atoms with Crippen LogP contribution in [-0.4, -0.2) is 35.2 Å². The average Bonchev–Trinajstić information content (AvgIpc) is 2.73. The number of phenolic OH excluding ortho intramolecular Hbond substituents is 1. The first kappa shape index (κ1) is 20.9. The Hall–Kier alpha value is -2.87. The number of aryl methyl sites for hydroxylation is 1. The molecule has 0 saturated carbocycles. The van der Waals surface area contributed by atoms with E-state index in [4.69, 9.17) is 9.47 Å². The maximum absolute atomic E-state index is 13.1. The van der Waals surface area contributed by atoms with Gasteiger partial charge in [-0.1, -0.05) is 29.3 Å². The lowest BCUT2D eigenvalue weighted by atomic mass is 10.2. The molecule has 0 spiro atoms. The van der Waals surface area contributed by atoms with E-state index in [1.807, 2.05) is 12.1 Å². The number of benzene rings is 2. The molecule has 0 aliphatic heterocycles. The monoisotopic (exact) mass is 459 g/mol. The van der Waals surface area contributed by atoms with Crippen molar-refractivity contribution in [3.8, 4) is 17.2 Å². The normalized spacial score (nSPS) is 11.3. The van der Waals surface area contributed by atoms with E-state index in [1.54, 1.807) is 18.2 Å². The first-order chi connectivity index (χ1) is 14.0. The zero-order valence-corrected chi connectivity index (χ0v) is 18.1. The highest BCUT2D eigenvalue weighted by atomic mass is 79.9. The molecule has 2 aromatic carbocycles. The van der Waals surface area contributed by atoms with E-state index in [-0.39, 0.29) is 22.8 Å². The Labute approximate surface area is 176 Å². The third kappa shape index (κ3) is 4.42. The van der Waals surface area contributed by atoms with Crippen LogP contribution in [0.25, 0.3) is 10.9 Å². The number of aromatic hydroxyl groups is 1. The second-order valence-electron chi connectivity index (χ2n) is 6.43. The van der Waals surface area contributed by atoms with Gasteiger partial charge >= 0.3 is 0 Å². The summed E-state index contributed by atoms with van der Waals surface area (Å²) in [6.45, 7) is 2.08. The molecule has 0 saturated heterocycles. The average molecular weight is 460 g/mol. The van der Waals surface area contributed by atoms with Crippen molar-refractivity contribution in [2.24, 2.45) is 5.10 Å². The van der Waals surface area contributed by atoms with Crippen molar-refractivity contribution >= 4 is 33.0 Å². The van der Waals surface area contributed by atoms with Crippen molar-refractivity contribution in [1.29, 1.82) is 0 Å². The fourth-order valence-electron chi connectivity index (χ4n) is 2.92. The predicted molar refractivity (Wildman–Crippen MR) is 117 cm³/mol. The van der Waals surface area contributed by atoms with Crippen LogP contribution in [-0.2, 0) is 6.42 Å². The number of nitrogens with zero attached hydrogens (tertiary/aromatic N) is 3. The molecule has 0 atom stereocenters. The molecule has 0 fully saturated rings. The van der Waals surface area contributed by atoms with E-state index in [9.17, 15) is 9.90 Å². The Kier molecular flexibility index (Phi) is 6.53. The van der Waals surface area contributed by atoms with E-state index in [1.165, 1.54) is 25.1 Å². The van der Waals surface area contributed by atoms with E-state index >= 15 is 0 Å². The Balaban J connectivity index is 2.13. The van der Waals surface area contributed by atoms with Crippen molar-refractivity contribution in [3.63, 3.8) is 0 Å². The minimum Gasteiger partial charge on any atom is -0.502 e. The first-order valence-corrected chi connectivity index (χ1v) is 9.98. The summed E-state index contributed by atoms with van der Waals surface area (Å²) in [5, 5.41) is 14.9. The summed E-state index contributed by atoms with van der Waals surface area (Å²) in [6.07, 6.45) is 4.03. The molecule has 29 heavy (non-hydrogen) atoms. The standard InChI is InChI=1S/C21H22BrN3O4/c1-4-5-6-19-24-16-8-7-14(22)11-15(16)21(27)25(19)23-12-13-9-17(28-2)20(26)18(10-13)29-3/h7-12,26H,4-6H2,1-3H3. The zero-order valence-electron chi connectivity index (χ0n) is 16.5. The molecule has 1 heterocycles. The van der Waals surface area contributed by atoms with Crippen molar-refractivity contribution < 1.29 is 14.6 Å². The molecular weight excluding hydrogens is 438 g/mol. The molecule has 3 rings (SSSR count). The maximum Gasteiger partial charge on any atom is 0.282 e. The highest BCUT2D eigenvalue weighted by molar-refractivity contribution is 9.10. The zero-order chi connectivity index (χ0) is 21.0. The summed E-state index contributed by atoms with van der Waals surface area (Å²) in [4.78, 5) is 17.7. The lowest BCUT2D eigenvalue weighted by Gasteiger charge is -2.10. The molecule has 152 valence electrons. The molecule has 0 radical (unpaired) electrons. The van der Waals surface area contributed by atoms with Crippen LogP contribution in [0.1, 0.15) is 31.2 Å². The van der Waals surface area contributed by atoms with Crippen LogP contribution in [0.5, 0.6) is 17.2 Å². The molecule has 1 aromatic heterocycles. The van der Waals surface area contributed by atoms with Crippen LogP contribution < -0.4 is 15.0 Å². The Morgan fingerprint density at radius 3 is 2.52 bits per heavy atom. The topological polar surface area (TPSA) is 85.9 Å². The molecular formula is C21H22BrN3O4. The van der Waals surface area contributed by atoms with Crippen molar-refractivity contribution in [2.45, 2.75) is 26.2 Å². The van der Waals surface area contributed by atoms with Crippen molar-refractivity contribution in [2.75, 3.05) is 14.2 Å². The van der Waals surface area contributed by atoms with Gasteiger partial charge in [-0.05, 0) is 36.8 Å². The first-order valence-electron chi connectivity index (χ1n) is 9.19. The number of methoxy groups -OCH3 is 2. The number of hydrogen-bond acceptors (Lipinski definition) is 6. The number of fused-ring (bicyclic) bond motifs is 1. The number of unbranched alkanes of at least 4 members (excludes halogenated alkanes) is 1. The maximum atomic E-state index is 13.1. The smallest absolute Gasteiger partial charge is 0.282 e. The van der Waals surface area contributed by atoms with Crippen molar-refractivity contribution in [3.05, 3.63) is 56.5 Å². The summed E-state index contributed by atoms with van der Waals surface area (Å²) >= 11 is 3.40. The fraction of sp³-hybridized carbons (Fsp3) is 0.286. The summed E-state index contributed by atoms with van der Waals surface area (Å²) in [7, 11) is 2.90. The number of halogens is 1. The number of ether oxygens (including phenoxy) is 2. The van der Waals surface area contributed by atoms with Crippen LogP contribution in [0.4, 0.5) is 0 Å². The molecule has 8 heteroatoms. The number of rotatable bonds is 7. The molecule has 0 aliphatic carbocycles. The highest BCUT2D eigenvalue weighted by Crippen LogP contribution is 2.36. The minimum absolute atomic E-state index is 0.0924. The van der Waals surface area contributed by atoms with Gasteiger partial charge in [0.15, 0.2) is 11.5 Å². The van der Waals surface area contributed by atoms with Crippen LogP contribution in [0.2, 0.25) is 0 Å². The molecule has 0 unspecified atom stereocenters. The van der Waals surface area contributed by atoms with Gasteiger partial charge in [0.25, 0.3) is 5.56 Å². The predicted octanol–water partition coefficient (Wildman–Crippen LogP) is 4.11. The van der Waals surface area contributed by atoms with E-state index in [0.29, 0.717) is 28.7 Å². The van der Waals surface area contributed by atoms with Crippen LogP contribution in [0.3, 0.4) is 0 Å². The van der Waals surface area contributed by atoms with Gasteiger partial charge in [-0.3, -0.25) is 4.79 Å². The number of hydrogen-bond donors (Lipinski definition) is 1. The van der Waals surface area contributed by atoms with Crippen LogP contribution in [0, 0.1) is 0 Å². The molecule has 0 aliphatic rings. The van der Waals surface area contributed by atoms with Gasteiger partial charge in [0.2, 0.25) is 5.75 Å². The van der Waals surface area contributed by atoms with Gasteiger partial charge in [-0.2, -0.15) is 9.78 Å². The Morgan fingerprint density at radius 2 is 1.90 bits per heavy atom. The minimum atomic E-state index is -0.239. The number of aromatic nitrogens is 2. The van der Waals surface area contributed by atoms with Gasteiger partial charge in [0, 0.05) is 16.5 Å². The summed E-state index contributed by atoms with van der Waals surface area (Å²) in [5.41, 5.74) is 1.01. The number of phenols is 1. The molecule has 3 aromatic rings. The summed E-state index contributed by atoms with van der Waals surface area (Å²) in [6, 6.07) is 8.65. The van der Waals surface area contributed by atoms with Crippen LogP contribution >= 0.6 is 15.9 Å². The molecule has 0 bridgehead atoms. The lowest BCUT2D eigenvalue weighted by Crippen LogP contribution is -2.22. The fourth-order valence-corrected chi connectivity index (χ4v) is 3.28. The summed E-state index contributed by atoms with van der Waals surface area (Å²) in [5.74, 6) is 1.01. The molecule has 1 N–H and O–H groups in total. The van der Waals surface area contributed by atoms with Gasteiger partial charge in [0.1, 0.15) is 5.82 Å². The Bertz CT molecular complexity index is 1100. The SMILES string of the molecule is CCCCc1nc2ccc(Br)cc2c(=O)n1N=Cc1cc(OC)c(O)c(OC)c1. The van der Waals surface area contributed by atoms with Gasteiger partial charge in [-0.25, -0.2) is 4.98 Å². The third-order valence-corrected chi connectivity index (χ3v) is 4.95. The van der Waals surface area contributed by atoms with E-state index < -0.39 is 0 Å². The van der Waals surface area contributed by atoms with Gasteiger partial charge < -0.3 is 14.6 Å². The second-order valence-corrected chi connectivity index (χ2v) is 7.34. The second kappa shape index (κ2) is 9.09. The quantitative estimate of drug-likeness (QED) is 0.537. The lowest BCUT2D eigenvalue weighted by molar-refractivity contribution is 0.340. The molecule has 7 nitrogen and oxygen atoms in total. The van der Waals surface area contributed by atoms with Crippen molar-refractivity contribution in [1.82, 2.24) is 9.66 Å². The highest BCUT2D eigenvalue weighted by Gasteiger charge is 2.13. The van der Waals surface area contributed by atoms with E-state index in [0.717, 1.165) is 17.3 Å². The van der Waals surface area contributed by atoms with Gasteiger partial charge in [-0.15, -0.1) is 0 Å². The third-order valence-electron chi connectivity index (χ3n) is 4.45. The van der Waals surface area contributed by atoms with E-state index in [2.05, 4.69) is 32.9 Å². The molecule has 0 amide bonds. The van der Waals surface area contributed by atoms with Crippen LogP contribution in [0.15, 0.2) is 44.7 Å². The summed E-state index contributed by atoms with van der Waals surface area (Å²) < 4.78 is 12.5.